The lowest BCUT2D eigenvalue weighted by Crippen LogP contribution is -2.02. The Hall–Kier alpha value is -2.09. The van der Waals surface area contributed by atoms with Gasteiger partial charge in [0.15, 0.2) is 5.43 Å². The van der Waals surface area contributed by atoms with Gasteiger partial charge in [-0.15, -0.1) is 0 Å². The maximum absolute atomic E-state index is 11.9. The topological polar surface area (TPSA) is 30.2 Å². The Labute approximate surface area is 98.9 Å². The number of fused-ring (bicyclic) bond motifs is 1. The van der Waals surface area contributed by atoms with Gasteiger partial charge in [-0.25, -0.2) is 0 Å². The molecule has 17 heavy (non-hydrogen) atoms. The Morgan fingerprint density at radius 2 is 2.06 bits per heavy atom. The van der Waals surface area contributed by atoms with Crippen molar-refractivity contribution in [3.05, 3.63) is 64.5 Å². The van der Waals surface area contributed by atoms with E-state index in [2.05, 4.69) is 6.08 Å². The zero-order valence-corrected chi connectivity index (χ0v) is 9.35. The van der Waals surface area contributed by atoms with Crippen LogP contribution in [0.5, 0.6) is 0 Å². The van der Waals surface area contributed by atoms with E-state index in [1.54, 1.807) is 12.1 Å². The highest BCUT2D eigenvalue weighted by molar-refractivity contribution is 5.78. The molecule has 0 saturated carbocycles. The summed E-state index contributed by atoms with van der Waals surface area (Å²) in [4.78, 5) is 11.9. The molecule has 1 heterocycles. The maximum Gasteiger partial charge on any atom is 0.193 e. The molecule has 1 aliphatic rings. The lowest BCUT2D eigenvalue weighted by Gasteiger charge is -2.08. The zero-order chi connectivity index (χ0) is 11.7. The lowest BCUT2D eigenvalue weighted by atomic mass is 10.0. The van der Waals surface area contributed by atoms with Crippen LogP contribution in [0, 0.1) is 0 Å². The van der Waals surface area contributed by atoms with Crippen LogP contribution in [0.25, 0.3) is 16.5 Å². The van der Waals surface area contributed by atoms with Crippen molar-refractivity contribution in [3.8, 4) is 0 Å². The molecule has 3 rings (SSSR count). The normalized spacial score (nSPS) is 14.9. The largest absolute Gasteiger partial charge is 0.456 e. The number of rotatable bonds is 1. The van der Waals surface area contributed by atoms with Crippen LogP contribution in [0.3, 0.4) is 0 Å². The summed E-state index contributed by atoms with van der Waals surface area (Å²) in [5.41, 5.74) is 1.78. The lowest BCUT2D eigenvalue weighted by molar-refractivity contribution is 0.582. The molecule has 2 nitrogen and oxygen atoms in total. The predicted molar refractivity (Wildman–Crippen MR) is 68.8 cm³/mol. The molecule has 0 atom stereocenters. The van der Waals surface area contributed by atoms with E-state index < -0.39 is 0 Å². The molecule has 1 aromatic carbocycles. The highest BCUT2D eigenvalue weighted by Crippen LogP contribution is 2.24. The highest BCUT2D eigenvalue weighted by Gasteiger charge is 2.09. The van der Waals surface area contributed by atoms with Crippen LogP contribution in [0.2, 0.25) is 0 Å². The summed E-state index contributed by atoms with van der Waals surface area (Å²) in [6, 6.07) is 8.94. The van der Waals surface area contributed by atoms with Gasteiger partial charge < -0.3 is 4.42 Å². The first kappa shape index (κ1) is 10.1. The third-order valence-electron chi connectivity index (χ3n) is 2.96. The van der Waals surface area contributed by atoms with Gasteiger partial charge >= 0.3 is 0 Å². The molecule has 0 amide bonds. The molecular formula is C15H12O2. The second-order valence-electron chi connectivity index (χ2n) is 4.13. The fourth-order valence-electron chi connectivity index (χ4n) is 2.07. The molecule has 0 N–H and O–H groups in total. The number of hydrogen-bond donors (Lipinski definition) is 0. The molecule has 0 aliphatic heterocycles. The Bertz CT molecular complexity index is 675. The fourth-order valence-corrected chi connectivity index (χ4v) is 2.07. The van der Waals surface area contributed by atoms with Crippen LogP contribution in [0.1, 0.15) is 18.6 Å². The van der Waals surface area contributed by atoms with E-state index in [1.807, 2.05) is 30.4 Å². The Morgan fingerprint density at radius 3 is 2.88 bits per heavy atom. The predicted octanol–water partition coefficient (Wildman–Crippen LogP) is 3.53. The molecule has 0 saturated heterocycles. The summed E-state index contributed by atoms with van der Waals surface area (Å²) >= 11 is 0. The van der Waals surface area contributed by atoms with Crippen LogP contribution in [-0.4, -0.2) is 0 Å². The van der Waals surface area contributed by atoms with Gasteiger partial charge in [0.25, 0.3) is 0 Å². The zero-order valence-electron chi connectivity index (χ0n) is 9.35. The quantitative estimate of drug-likeness (QED) is 0.741. The Balaban J connectivity index is 2.22. The van der Waals surface area contributed by atoms with Crippen molar-refractivity contribution in [1.29, 1.82) is 0 Å². The maximum atomic E-state index is 11.9. The average Bonchev–Trinajstić information content (AvgIpc) is 2.40. The van der Waals surface area contributed by atoms with Crippen LogP contribution < -0.4 is 5.43 Å². The molecule has 0 bridgehead atoms. The van der Waals surface area contributed by atoms with Crippen LogP contribution in [-0.2, 0) is 0 Å². The second-order valence-corrected chi connectivity index (χ2v) is 4.13. The standard InChI is InChI=1S/C15H12O2/c16-13-10-15(11-6-2-1-3-7-11)17-14-9-5-4-8-12(13)14/h1-2,4-6,8-10H,3,7H2. The van der Waals surface area contributed by atoms with Crippen molar-refractivity contribution < 1.29 is 4.42 Å². The van der Waals surface area contributed by atoms with Crippen LogP contribution >= 0.6 is 0 Å². The van der Waals surface area contributed by atoms with Crippen LogP contribution in [0.4, 0.5) is 0 Å². The van der Waals surface area contributed by atoms with Gasteiger partial charge in [-0.05, 0) is 30.5 Å². The number of hydrogen-bond acceptors (Lipinski definition) is 2. The van der Waals surface area contributed by atoms with Crippen LogP contribution in [0.15, 0.2) is 57.8 Å². The van der Waals surface area contributed by atoms with Crippen molar-refractivity contribution in [1.82, 2.24) is 0 Å². The number of para-hydroxylation sites is 1. The van der Waals surface area contributed by atoms with E-state index in [9.17, 15) is 4.79 Å². The molecule has 1 aromatic heterocycles. The average molecular weight is 224 g/mol. The molecule has 0 radical (unpaired) electrons. The van der Waals surface area contributed by atoms with Gasteiger partial charge in [0, 0.05) is 6.07 Å². The van der Waals surface area contributed by atoms with Crippen molar-refractivity contribution in [2.24, 2.45) is 0 Å². The first-order valence-corrected chi connectivity index (χ1v) is 5.73. The molecule has 1 aliphatic carbocycles. The van der Waals surface area contributed by atoms with E-state index in [-0.39, 0.29) is 5.43 Å². The van der Waals surface area contributed by atoms with Gasteiger partial charge in [-0.3, -0.25) is 4.79 Å². The Kier molecular flexibility index (Phi) is 2.41. The molecule has 2 aromatic rings. The van der Waals surface area contributed by atoms with Crippen molar-refractivity contribution in [3.63, 3.8) is 0 Å². The molecule has 0 unspecified atom stereocenters. The molecular weight excluding hydrogens is 212 g/mol. The first-order chi connectivity index (χ1) is 8.34. The smallest absolute Gasteiger partial charge is 0.193 e. The summed E-state index contributed by atoms with van der Waals surface area (Å²) in [5, 5.41) is 0.642. The molecule has 0 fully saturated rings. The highest BCUT2D eigenvalue weighted by atomic mass is 16.3. The molecule has 84 valence electrons. The monoisotopic (exact) mass is 224 g/mol. The minimum Gasteiger partial charge on any atom is -0.456 e. The van der Waals surface area contributed by atoms with Crippen molar-refractivity contribution in [2.45, 2.75) is 12.8 Å². The van der Waals surface area contributed by atoms with E-state index in [0.29, 0.717) is 16.7 Å². The number of benzene rings is 1. The summed E-state index contributed by atoms with van der Waals surface area (Å²) in [5.74, 6) is 0.693. The van der Waals surface area contributed by atoms with Gasteiger partial charge in [-0.2, -0.15) is 0 Å². The summed E-state index contributed by atoms with van der Waals surface area (Å²) in [6.07, 6.45) is 8.06. The Morgan fingerprint density at radius 1 is 1.18 bits per heavy atom. The van der Waals surface area contributed by atoms with Crippen molar-refractivity contribution >= 4 is 16.5 Å². The third-order valence-corrected chi connectivity index (χ3v) is 2.96. The molecule has 2 heteroatoms. The summed E-state index contributed by atoms with van der Waals surface area (Å²) in [7, 11) is 0. The van der Waals surface area contributed by atoms with Gasteiger partial charge in [-0.1, -0.05) is 30.4 Å². The fraction of sp³-hybridized carbons (Fsp3) is 0.133. The van der Waals surface area contributed by atoms with Gasteiger partial charge in [0.1, 0.15) is 11.3 Å². The van der Waals surface area contributed by atoms with E-state index in [1.165, 1.54) is 0 Å². The minimum atomic E-state index is 0.0253. The molecule has 0 spiro atoms. The van der Waals surface area contributed by atoms with Gasteiger partial charge in [0.05, 0.1) is 5.39 Å². The SMILES string of the molecule is O=c1cc(C2=CC=CCC2)oc2ccccc12. The van der Waals surface area contributed by atoms with Crippen molar-refractivity contribution in [2.75, 3.05) is 0 Å². The summed E-state index contributed by atoms with van der Waals surface area (Å²) in [6.45, 7) is 0. The van der Waals surface area contributed by atoms with E-state index >= 15 is 0 Å². The third kappa shape index (κ3) is 1.82. The summed E-state index contributed by atoms with van der Waals surface area (Å²) < 4.78 is 5.78. The van der Waals surface area contributed by atoms with Gasteiger partial charge in [0.2, 0.25) is 0 Å². The number of allylic oxidation sites excluding steroid dienone is 4. The van der Waals surface area contributed by atoms with E-state index in [0.717, 1.165) is 18.4 Å². The minimum absolute atomic E-state index is 0.0253. The second kappa shape index (κ2) is 4.06. The first-order valence-electron chi connectivity index (χ1n) is 5.73. The van der Waals surface area contributed by atoms with E-state index in [4.69, 9.17) is 4.42 Å².